The molecular formula is C65H39N5S. The summed E-state index contributed by atoms with van der Waals surface area (Å²) < 4.78 is 7.35. The van der Waals surface area contributed by atoms with Crippen LogP contribution in [0, 0.1) is 0 Å². The number of rotatable bonds is 6. The van der Waals surface area contributed by atoms with Crippen molar-refractivity contribution in [3.8, 4) is 56.7 Å². The number of nitrogens with zero attached hydrogens (tertiary/aromatic N) is 5. The Balaban J connectivity index is 1.01. The van der Waals surface area contributed by atoms with E-state index in [1.54, 1.807) is 0 Å². The Morgan fingerprint density at radius 1 is 0.310 bits per heavy atom. The van der Waals surface area contributed by atoms with Crippen molar-refractivity contribution in [2.24, 2.45) is 0 Å². The van der Waals surface area contributed by atoms with Crippen molar-refractivity contribution in [3.05, 3.63) is 237 Å². The van der Waals surface area contributed by atoms with Crippen molar-refractivity contribution in [1.29, 1.82) is 0 Å². The first-order valence-corrected chi connectivity index (χ1v) is 24.8. The summed E-state index contributed by atoms with van der Waals surface area (Å²) in [6, 6.07) is 85.2. The quantitative estimate of drug-likeness (QED) is 0.167. The van der Waals surface area contributed by atoms with Crippen LogP contribution in [0.25, 0.3) is 142 Å². The van der Waals surface area contributed by atoms with Crippen LogP contribution >= 0.6 is 11.3 Å². The van der Waals surface area contributed by atoms with Crippen LogP contribution in [0.3, 0.4) is 0 Å². The van der Waals surface area contributed by atoms with Gasteiger partial charge in [-0.3, -0.25) is 0 Å². The fourth-order valence-corrected chi connectivity index (χ4v) is 12.4. The lowest BCUT2D eigenvalue weighted by atomic mass is 9.95. The maximum Gasteiger partial charge on any atom is 0.164 e. The Kier molecular flexibility index (Phi) is 8.76. The average Bonchev–Trinajstić information content (AvgIpc) is 4.10. The zero-order chi connectivity index (χ0) is 46.6. The molecule has 0 N–H and O–H groups in total. The Hall–Kier alpha value is -9.23. The van der Waals surface area contributed by atoms with Gasteiger partial charge >= 0.3 is 0 Å². The minimum absolute atomic E-state index is 0.604. The van der Waals surface area contributed by atoms with Crippen LogP contribution in [-0.4, -0.2) is 24.1 Å². The molecule has 0 saturated carbocycles. The first kappa shape index (κ1) is 39.7. The Morgan fingerprint density at radius 2 is 0.873 bits per heavy atom. The van der Waals surface area contributed by atoms with Crippen molar-refractivity contribution < 1.29 is 0 Å². The van der Waals surface area contributed by atoms with Crippen LogP contribution in [0.15, 0.2) is 237 Å². The fraction of sp³-hybridized carbons (Fsp3) is 0. The molecule has 71 heavy (non-hydrogen) atoms. The molecule has 0 aliphatic carbocycles. The minimum Gasteiger partial charge on any atom is -0.309 e. The molecule has 0 radical (unpaired) electrons. The molecule has 0 bridgehead atoms. The second-order valence-electron chi connectivity index (χ2n) is 18.3. The van der Waals surface area contributed by atoms with E-state index in [0.29, 0.717) is 17.5 Å². The highest BCUT2D eigenvalue weighted by atomic mass is 32.1. The van der Waals surface area contributed by atoms with Gasteiger partial charge in [-0.25, -0.2) is 15.0 Å². The van der Waals surface area contributed by atoms with Crippen molar-refractivity contribution in [2.75, 3.05) is 0 Å². The van der Waals surface area contributed by atoms with E-state index in [-0.39, 0.29) is 0 Å². The van der Waals surface area contributed by atoms with Crippen LogP contribution < -0.4 is 0 Å². The number of hydrogen-bond donors (Lipinski definition) is 0. The van der Waals surface area contributed by atoms with Crippen LogP contribution in [-0.2, 0) is 0 Å². The van der Waals surface area contributed by atoms with E-state index in [1.165, 1.54) is 63.3 Å². The lowest BCUT2D eigenvalue weighted by Crippen LogP contribution is -2.02. The number of thiophene rings is 1. The summed E-state index contributed by atoms with van der Waals surface area (Å²) in [6.07, 6.45) is 0. The van der Waals surface area contributed by atoms with Gasteiger partial charge in [-0.2, -0.15) is 0 Å². The lowest BCUT2D eigenvalue weighted by Gasteiger charge is -2.17. The Morgan fingerprint density at radius 3 is 1.65 bits per heavy atom. The van der Waals surface area contributed by atoms with Crippen molar-refractivity contribution in [3.63, 3.8) is 0 Å². The highest BCUT2D eigenvalue weighted by Crippen LogP contribution is 2.46. The molecule has 330 valence electrons. The summed E-state index contributed by atoms with van der Waals surface area (Å²) in [7, 11) is 0. The first-order chi connectivity index (χ1) is 35.2. The zero-order valence-corrected chi connectivity index (χ0v) is 39.0. The molecule has 0 saturated heterocycles. The van der Waals surface area contributed by atoms with Gasteiger partial charge in [0, 0.05) is 69.7 Å². The minimum atomic E-state index is 0.604. The molecule has 6 heteroatoms. The molecule has 0 unspecified atom stereocenters. The molecule has 0 atom stereocenters. The third kappa shape index (κ3) is 6.22. The number of hydrogen-bond acceptors (Lipinski definition) is 4. The molecule has 0 amide bonds. The number of benzene rings is 11. The highest BCUT2D eigenvalue weighted by Gasteiger charge is 2.23. The van der Waals surface area contributed by atoms with Crippen molar-refractivity contribution >= 4 is 96.7 Å². The molecule has 0 aliphatic rings. The monoisotopic (exact) mass is 921 g/mol. The molecule has 0 aliphatic heterocycles. The summed E-state index contributed by atoms with van der Waals surface area (Å²) in [4.78, 5) is 16.0. The van der Waals surface area contributed by atoms with E-state index in [0.717, 1.165) is 61.3 Å². The SMILES string of the molecule is c1ccc(-c2nc(-c3ccc(-n4c5ccccc5c5cc6ccccc6cc54)c(-c4cccc5sc6c7ccccc7ccc6c45)c3)nc(-c3ccc4c5ccccc5n(-c5ccccc5)c4c3)n2)cc1. The average molecular weight is 922 g/mol. The zero-order valence-electron chi connectivity index (χ0n) is 38.2. The van der Waals surface area contributed by atoms with Gasteiger partial charge in [0.25, 0.3) is 0 Å². The summed E-state index contributed by atoms with van der Waals surface area (Å²) in [5, 5.41) is 12.2. The van der Waals surface area contributed by atoms with Gasteiger partial charge in [-0.1, -0.05) is 170 Å². The molecule has 11 aromatic carbocycles. The van der Waals surface area contributed by atoms with Gasteiger partial charge in [0.05, 0.1) is 27.8 Å². The van der Waals surface area contributed by atoms with E-state index < -0.39 is 0 Å². The third-order valence-corrected chi connectivity index (χ3v) is 15.5. The van der Waals surface area contributed by atoms with E-state index in [1.807, 2.05) is 29.5 Å². The van der Waals surface area contributed by atoms with Crippen LogP contribution in [0.1, 0.15) is 0 Å². The molecule has 15 rings (SSSR count). The predicted molar refractivity (Wildman–Crippen MR) is 298 cm³/mol. The molecule has 4 heterocycles. The number of aromatic nitrogens is 5. The van der Waals surface area contributed by atoms with Crippen molar-refractivity contribution in [2.45, 2.75) is 0 Å². The Labute approximate surface area is 411 Å². The molecule has 0 fully saturated rings. The molecule has 4 aromatic heterocycles. The topological polar surface area (TPSA) is 48.5 Å². The maximum atomic E-state index is 5.42. The van der Waals surface area contributed by atoms with Gasteiger partial charge in [0.1, 0.15) is 0 Å². The summed E-state index contributed by atoms with van der Waals surface area (Å²) in [6.45, 7) is 0. The van der Waals surface area contributed by atoms with E-state index in [9.17, 15) is 0 Å². The summed E-state index contributed by atoms with van der Waals surface area (Å²) in [5.41, 5.74) is 11.7. The number of fused-ring (bicyclic) bond motifs is 12. The van der Waals surface area contributed by atoms with E-state index >= 15 is 0 Å². The van der Waals surface area contributed by atoms with Gasteiger partial charge in [-0.15, -0.1) is 11.3 Å². The maximum absolute atomic E-state index is 5.42. The third-order valence-electron chi connectivity index (χ3n) is 14.3. The van der Waals surface area contributed by atoms with Crippen LogP contribution in [0.2, 0.25) is 0 Å². The largest absolute Gasteiger partial charge is 0.309 e. The Bertz CT molecular complexity index is 4640. The molecule has 0 spiro atoms. The molecular weight excluding hydrogens is 883 g/mol. The second-order valence-corrected chi connectivity index (χ2v) is 19.4. The second kappa shape index (κ2) is 15.7. The normalized spacial score (nSPS) is 11.9. The lowest BCUT2D eigenvalue weighted by molar-refractivity contribution is 1.07. The standard InChI is InChI=1S/C65H39N5S/c1-3-17-41(18-4-1)63-66-64(68-65(67-63)45-31-33-50-48-24-11-13-27-55(48)69(58(50)39-45)46-21-5-2-6-22-46)44-32-35-57(70-56-28-14-12-25-49(56)53-36-42-19-7-8-20-43(42)38-59(53)70)54(37-44)51-26-15-29-60-61(51)52-34-30-40-16-9-10-23-47(40)62(52)71-60/h1-39H. The van der Waals surface area contributed by atoms with Crippen molar-refractivity contribution in [1.82, 2.24) is 24.1 Å². The molecule has 5 nitrogen and oxygen atoms in total. The van der Waals surface area contributed by atoms with Crippen LogP contribution in [0.4, 0.5) is 0 Å². The predicted octanol–water partition coefficient (Wildman–Crippen LogP) is 17.4. The van der Waals surface area contributed by atoms with Gasteiger partial charge in [0.2, 0.25) is 0 Å². The number of para-hydroxylation sites is 3. The first-order valence-electron chi connectivity index (χ1n) is 24.0. The van der Waals surface area contributed by atoms with Crippen LogP contribution in [0.5, 0.6) is 0 Å². The van der Waals surface area contributed by atoms with E-state index in [4.69, 9.17) is 15.0 Å². The highest BCUT2D eigenvalue weighted by molar-refractivity contribution is 7.26. The van der Waals surface area contributed by atoms with Gasteiger partial charge in [-0.05, 0) is 93.8 Å². The summed E-state index contributed by atoms with van der Waals surface area (Å²) >= 11 is 1.87. The summed E-state index contributed by atoms with van der Waals surface area (Å²) in [5.74, 6) is 1.83. The van der Waals surface area contributed by atoms with Gasteiger partial charge < -0.3 is 9.13 Å². The molecule has 15 aromatic rings. The fourth-order valence-electron chi connectivity index (χ4n) is 11.1. The smallest absolute Gasteiger partial charge is 0.164 e. The van der Waals surface area contributed by atoms with Gasteiger partial charge in [0.15, 0.2) is 17.5 Å². The van der Waals surface area contributed by atoms with E-state index in [2.05, 4.69) is 228 Å².